The van der Waals surface area contributed by atoms with E-state index < -0.39 is 11.9 Å². The van der Waals surface area contributed by atoms with Gasteiger partial charge in [0, 0.05) is 19.1 Å². The van der Waals surface area contributed by atoms with Gasteiger partial charge >= 0.3 is 11.9 Å². The highest BCUT2D eigenvalue weighted by atomic mass is 16.4. The predicted octanol–water partition coefficient (Wildman–Crippen LogP) is 0.684. The van der Waals surface area contributed by atoms with E-state index in [1.54, 1.807) is 0 Å². The Kier molecular flexibility index (Phi) is 7.31. The van der Waals surface area contributed by atoms with Crippen LogP contribution in [0.1, 0.15) is 18.4 Å². The first-order valence-corrected chi connectivity index (χ1v) is 6.54. The molecule has 1 unspecified atom stereocenters. The molecule has 0 bridgehead atoms. The number of aliphatic carboxylic acids is 2. The van der Waals surface area contributed by atoms with Crippen LogP contribution in [0.5, 0.6) is 0 Å². The van der Waals surface area contributed by atoms with Crippen LogP contribution in [-0.4, -0.2) is 41.3 Å². The van der Waals surface area contributed by atoms with Crippen LogP contribution in [0.4, 0.5) is 0 Å². The Morgan fingerprint density at radius 1 is 1.20 bits per heavy atom. The van der Waals surface area contributed by atoms with E-state index in [4.69, 9.17) is 19.8 Å². The van der Waals surface area contributed by atoms with E-state index in [9.17, 15) is 0 Å². The molecule has 4 N–H and O–H groups in total. The number of rotatable bonds is 4. The van der Waals surface area contributed by atoms with Crippen LogP contribution in [0, 0.1) is 0 Å². The molecule has 1 aromatic carbocycles. The Bertz CT molecular complexity index is 404. The van der Waals surface area contributed by atoms with E-state index >= 15 is 0 Å². The van der Waals surface area contributed by atoms with Crippen LogP contribution in [0.15, 0.2) is 30.3 Å². The highest BCUT2D eigenvalue weighted by Crippen LogP contribution is 2.04. The molecule has 1 saturated heterocycles. The van der Waals surface area contributed by atoms with Crippen LogP contribution in [0.3, 0.4) is 0 Å². The smallest absolute Gasteiger partial charge is 0.414 e. The summed E-state index contributed by atoms with van der Waals surface area (Å²) in [4.78, 5) is 18.2. The first-order valence-electron chi connectivity index (χ1n) is 6.54. The second-order valence-corrected chi connectivity index (χ2v) is 4.52. The highest BCUT2D eigenvalue weighted by molar-refractivity contribution is 6.27. The van der Waals surface area contributed by atoms with E-state index in [0.717, 1.165) is 13.1 Å². The van der Waals surface area contributed by atoms with Crippen LogP contribution in [-0.2, 0) is 16.1 Å². The molecule has 0 spiro atoms. The van der Waals surface area contributed by atoms with Crippen molar-refractivity contribution in [1.29, 1.82) is 0 Å². The van der Waals surface area contributed by atoms with Gasteiger partial charge in [-0.2, -0.15) is 0 Å². The van der Waals surface area contributed by atoms with Crippen molar-refractivity contribution in [2.24, 2.45) is 0 Å². The van der Waals surface area contributed by atoms with Gasteiger partial charge in [0.05, 0.1) is 0 Å². The zero-order valence-electron chi connectivity index (χ0n) is 11.2. The Hall–Kier alpha value is -1.92. The Labute approximate surface area is 117 Å². The summed E-state index contributed by atoms with van der Waals surface area (Å²) in [5, 5.41) is 21.7. The van der Waals surface area contributed by atoms with Gasteiger partial charge in [0.25, 0.3) is 0 Å². The van der Waals surface area contributed by atoms with E-state index in [-0.39, 0.29) is 0 Å². The lowest BCUT2D eigenvalue weighted by molar-refractivity contribution is -0.159. The quantitative estimate of drug-likeness (QED) is 0.606. The summed E-state index contributed by atoms with van der Waals surface area (Å²) in [5.41, 5.74) is 1.37. The van der Waals surface area contributed by atoms with Crippen molar-refractivity contribution < 1.29 is 19.8 Å². The lowest BCUT2D eigenvalue weighted by Gasteiger charge is -2.11. The summed E-state index contributed by atoms with van der Waals surface area (Å²) in [6.45, 7) is 3.27. The van der Waals surface area contributed by atoms with Gasteiger partial charge < -0.3 is 20.8 Å². The fourth-order valence-corrected chi connectivity index (χ4v) is 1.92. The molecule has 0 aromatic heterocycles. The number of carboxylic acids is 2. The maximum Gasteiger partial charge on any atom is 0.414 e. The maximum atomic E-state index is 9.10. The summed E-state index contributed by atoms with van der Waals surface area (Å²) >= 11 is 0. The Morgan fingerprint density at radius 3 is 2.35 bits per heavy atom. The second-order valence-electron chi connectivity index (χ2n) is 4.52. The molecule has 1 aromatic rings. The van der Waals surface area contributed by atoms with Crippen molar-refractivity contribution in [2.45, 2.75) is 25.4 Å². The molecule has 6 nitrogen and oxygen atoms in total. The minimum absolute atomic E-state index is 0.693. The molecule has 20 heavy (non-hydrogen) atoms. The topological polar surface area (TPSA) is 98.7 Å². The number of carbonyl (C=O) groups is 2. The third-order valence-corrected chi connectivity index (χ3v) is 2.91. The normalized spacial score (nSPS) is 17.1. The van der Waals surface area contributed by atoms with Crippen LogP contribution >= 0.6 is 0 Å². The van der Waals surface area contributed by atoms with Crippen molar-refractivity contribution in [3.05, 3.63) is 35.9 Å². The Morgan fingerprint density at radius 2 is 1.85 bits per heavy atom. The average Bonchev–Trinajstić information content (AvgIpc) is 2.94. The van der Waals surface area contributed by atoms with E-state index in [0.29, 0.717) is 6.04 Å². The largest absolute Gasteiger partial charge is 0.473 e. The number of hydrogen-bond donors (Lipinski definition) is 4. The van der Waals surface area contributed by atoms with Gasteiger partial charge in [-0.15, -0.1) is 0 Å². The van der Waals surface area contributed by atoms with E-state index in [1.807, 2.05) is 0 Å². The first-order chi connectivity index (χ1) is 9.59. The molecule has 1 fully saturated rings. The highest BCUT2D eigenvalue weighted by Gasteiger charge is 2.12. The fourth-order valence-electron chi connectivity index (χ4n) is 1.92. The molecule has 0 aliphatic carbocycles. The first kappa shape index (κ1) is 16.1. The minimum atomic E-state index is -1.82. The maximum absolute atomic E-state index is 9.10. The zero-order chi connectivity index (χ0) is 14.8. The zero-order valence-corrected chi connectivity index (χ0v) is 11.2. The van der Waals surface area contributed by atoms with Crippen LogP contribution in [0.25, 0.3) is 0 Å². The molecule has 0 saturated carbocycles. The minimum Gasteiger partial charge on any atom is -0.473 e. The molecule has 1 aliphatic heterocycles. The summed E-state index contributed by atoms with van der Waals surface area (Å²) < 4.78 is 0. The number of nitrogens with one attached hydrogen (secondary N) is 2. The SMILES string of the molecule is O=C(O)C(=O)O.c1ccc(CNCC2CCCN2)cc1. The molecular weight excluding hydrogens is 260 g/mol. The summed E-state index contributed by atoms with van der Waals surface area (Å²) in [7, 11) is 0. The molecule has 1 aliphatic rings. The standard InChI is InChI=1S/C12H18N2.C2H2O4/c1-2-5-11(6-3-1)9-13-10-12-7-4-8-14-12;3-1(4)2(5)6/h1-3,5-6,12-14H,4,7-10H2;(H,3,4)(H,5,6). The molecule has 110 valence electrons. The second kappa shape index (κ2) is 9.06. The van der Waals surface area contributed by atoms with Crippen molar-refractivity contribution >= 4 is 11.9 Å². The monoisotopic (exact) mass is 280 g/mol. The van der Waals surface area contributed by atoms with Gasteiger partial charge in [-0.1, -0.05) is 30.3 Å². The van der Waals surface area contributed by atoms with Gasteiger partial charge in [0.15, 0.2) is 0 Å². The third kappa shape index (κ3) is 6.86. The van der Waals surface area contributed by atoms with Crippen molar-refractivity contribution in [1.82, 2.24) is 10.6 Å². The molecule has 0 amide bonds. The van der Waals surface area contributed by atoms with Gasteiger partial charge in [0.2, 0.25) is 0 Å². The summed E-state index contributed by atoms with van der Waals surface area (Å²) in [6.07, 6.45) is 2.65. The average molecular weight is 280 g/mol. The van der Waals surface area contributed by atoms with Crippen molar-refractivity contribution in [3.63, 3.8) is 0 Å². The summed E-state index contributed by atoms with van der Waals surface area (Å²) in [5.74, 6) is -3.65. The van der Waals surface area contributed by atoms with Crippen LogP contribution in [0.2, 0.25) is 0 Å². The number of hydrogen-bond acceptors (Lipinski definition) is 4. The van der Waals surface area contributed by atoms with Gasteiger partial charge in [-0.25, -0.2) is 9.59 Å². The molecule has 0 radical (unpaired) electrons. The fraction of sp³-hybridized carbons (Fsp3) is 0.429. The molecular formula is C14H20N2O4. The molecule has 1 heterocycles. The van der Waals surface area contributed by atoms with Crippen molar-refractivity contribution in [3.8, 4) is 0 Å². The molecule has 1 atom stereocenters. The number of benzene rings is 1. The molecule has 6 heteroatoms. The van der Waals surface area contributed by atoms with Gasteiger partial charge in [-0.05, 0) is 24.9 Å². The summed E-state index contributed by atoms with van der Waals surface area (Å²) in [6, 6.07) is 11.3. The van der Waals surface area contributed by atoms with Gasteiger partial charge in [-0.3, -0.25) is 0 Å². The van der Waals surface area contributed by atoms with E-state index in [2.05, 4.69) is 41.0 Å². The lowest BCUT2D eigenvalue weighted by atomic mass is 10.2. The number of carboxylic acid groups (broad SMARTS) is 2. The van der Waals surface area contributed by atoms with Crippen molar-refractivity contribution in [2.75, 3.05) is 13.1 Å². The van der Waals surface area contributed by atoms with E-state index in [1.165, 1.54) is 24.9 Å². The molecule has 2 rings (SSSR count). The Balaban J connectivity index is 0.000000286. The van der Waals surface area contributed by atoms with Gasteiger partial charge in [0.1, 0.15) is 0 Å². The van der Waals surface area contributed by atoms with Crippen LogP contribution < -0.4 is 10.6 Å². The third-order valence-electron chi connectivity index (χ3n) is 2.91. The lowest BCUT2D eigenvalue weighted by Crippen LogP contribution is -2.33. The predicted molar refractivity (Wildman–Crippen MR) is 74.4 cm³/mol.